The third-order valence-corrected chi connectivity index (χ3v) is 12.1. The first-order valence-corrected chi connectivity index (χ1v) is 21.4. The summed E-state index contributed by atoms with van der Waals surface area (Å²) in [5.74, 6) is 1.98. The van der Waals surface area contributed by atoms with E-state index in [1.54, 1.807) is 7.11 Å². The largest absolute Gasteiger partial charge is 0.506 e. The van der Waals surface area contributed by atoms with Crippen LogP contribution >= 0.6 is 11.8 Å². The number of hydrogen-bond donors (Lipinski definition) is 1. The lowest BCUT2D eigenvalue weighted by molar-refractivity contribution is -0.517. The molecule has 2 heterocycles. The quantitative estimate of drug-likeness (QED) is 0.0623. The smallest absolute Gasteiger partial charge is 0.235 e. The van der Waals surface area contributed by atoms with Gasteiger partial charge in [0.25, 0.3) is 0 Å². The average Bonchev–Trinajstić information content (AvgIpc) is 3.65. The van der Waals surface area contributed by atoms with Crippen LogP contribution in [0.1, 0.15) is 162 Å². The lowest BCUT2D eigenvalue weighted by atomic mass is 9.80. The van der Waals surface area contributed by atoms with E-state index in [1.165, 1.54) is 133 Å². The zero-order chi connectivity index (χ0) is 35.8. The van der Waals surface area contributed by atoms with Crippen molar-refractivity contribution in [2.45, 2.75) is 162 Å². The standard InChI is InChI=1S/C44H68N2O3S/c1-6-8-10-12-14-16-18-20-22-24-28-45-30-31-50-41(45)34-37-42(47)36(43(37)48)33-40-44(3,4)38-32-35(49-5)26-27-39(38)46(40)29-25-23-21-19-17-15-13-11-9-7-2/h26-27,32-34H,6-25,28-31H2,1-5H3/p+1. The number of ether oxygens (including phenoxy) is 1. The molecule has 50 heavy (non-hydrogen) atoms. The van der Waals surface area contributed by atoms with Crippen LogP contribution in [0.5, 0.6) is 5.75 Å². The summed E-state index contributed by atoms with van der Waals surface area (Å²) in [7, 11) is 1.71. The first-order chi connectivity index (χ1) is 24.3. The Morgan fingerprint density at radius 1 is 0.820 bits per heavy atom. The molecule has 0 amide bonds. The van der Waals surface area contributed by atoms with Crippen LogP contribution in [0.15, 0.2) is 53.0 Å². The molecule has 2 aliphatic heterocycles. The minimum atomic E-state index is -0.322. The number of carbonyl (C=O) groups excluding carboxylic acids is 1. The Bertz CT molecular complexity index is 1370. The summed E-state index contributed by atoms with van der Waals surface area (Å²) in [6.45, 7) is 11.9. The molecule has 4 rings (SSSR count). The first-order valence-electron chi connectivity index (χ1n) is 20.5. The number of ketones is 1. The van der Waals surface area contributed by atoms with E-state index in [0.29, 0.717) is 11.1 Å². The van der Waals surface area contributed by atoms with Crippen molar-refractivity contribution in [1.29, 1.82) is 0 Å². The molecular weight excluding hydrogens is 637 g/mol. The number of methoxy groups -OCH3 is 1. The number of aliphatic hydroxyl groups excluding tert-OH is 1. The zero-order valence-corrected chi connectivity index (χ0v) is 33.2. The number of anilines is 1. The second-order valence-electron chi connectivity index (χ2n) is 15.4. The summed E-state index contributed by atoms with van der Waals surface area (Å²) in [6.07, 6.45) is 30.3. The lowest BCUT2D eigenvalue weighted by Gasteiger charge is -2.29. The number of hydrogen-bond acceptors (Lipinski definition) is 5. The molecule has 0 saturated carbocycles. The minimum absolute atomic E-state index is 0.0443. The van der Waals surface area contributed by atoms with E-state index < -0.39 is 0 Å². The number of allylic oxidation sites excluding steroid dienone is 4. The maximum absolute atomic E-state index is 13.6. The molecule has 1 aliphatic carbocycles. The second-order valence-corrected chi connectivity index (χ2v) is 16.5. The summed E-state index contributed by atoms with van der Waals surface area (Å²) in [5.41, 5.74) is 4.05. The van der Waals surface area contributed by atoms with Gasteiger partial charge in [0.1, 0.15) is 18.1 Å². The third-order valence-electron chi connectivity index (χ3n) is 11.1. The number of rotatable bonds is 25. The van der Waals surface area contributed by atoms with Crippen LogP contribution in [0.4, 0.5) is 5.69 Å². The van der Waals surface area contributed by atoms with Crippen LogP contribution in [-0.2, 0) is 10.2 Å². The lowest BCUT2D eigenvalue weighted by Crippen LogP contribution is -2.30. The highest BCUT2D eigenvalue weighted by molar-refractivity contribution is 8.14. The molecule has 0 bridgehead atoms. The highest BCUT2D eigenvalue weighted by Gasteiger charge is 2.43. The van der Waals surface area contributed by atoms with Gasteiger partial charge >= 0.3 is 0 Å². The highest BCUT2D eigenvalue weighted by atomic mass is 32.2. The van der Waals surface area contributed by atoms with Crippen LogP contribution in [-0.4, -0.2) is 53.0 Å². The molecule has 6 heteroatoms. The van der Waals surface area contributed by atoms with Gasteiger partial charge in [0.2, 0.25) is 10.8 Å². The van der Waals surface area contributed by atoms with Gasteiger partial charge in [-0.3, -0.25) is 4.79 Å². The fourth-order valence-corrected chi connectivity index (χ4v) is 8.90. The predicted molar refractivity (Wildman–Crippen MR) is 215 cm³/mol. The summed E-state index contributed by atoms with van der Waals surface area (Å²) in [6, 6.07) is 6.33. The van der Waals surface area contributed by atoms with Gasteiger partial charge < -0.3 is 14.7 Å². The Morgan fingerprint density at radius 2 is 1.38 bits per heavy atom. The number of Topliss-reactive ketones (excluding diaryl/α,β-unsaturated/α-hetero) is 1. The fraction of sp³-hybridized carbons (Fsp3) is 0.682. The van der Waals surface area contributed by atoms with E-state index in [4.69, 9.17) is 4.74 Å². The van der Waals surface area contributed by atoms with Gasteiger partial charge in [-0.25, -0.2) is 4.58 Å². The van der Waals surface area contributed by atoms with Crippen molar-refractivity contribution < 1.29 is 19.2 Å². The molecule has 1 aromatic rings. The van der Waals surface area contributed by atoms with Gasteiger partial charge in [0, 0.05) is 35.8 Å². The van der Waals surface area contributed by atoms with Gasteiger partial charge in [-0.05, 0) is 42.7 Å². The molecule has 1 aromatic carbocycles. The predicted octanol–water partition coefficient (Wildman–Crippen LogP) is 12.0. The Labute approximate surface area is 309 Å². The van der Waals surface area contributed by atoms with E-state index in [-0.39, 0.29) is 17.0 Å². The molecule has 278 valence electrons. The number of aliphatic hydroxyl groups is 1. The topological polar surface area (TPSA) is 52.8 Å². The minimum Gasteiger partial charge on any atom is -0.506 e. The molecule has 5 nitrogen and oxygen atoms in total. The average molecular weight is 706 g/mol. The van der Waals surface area contributed by atoms with E-state index in [2.05, 4.69) is 49.3 Å². The summed E-state index contributed by atoms with van der Waals surface area (Å²) >= 11 is 1.81. The second kappa shape index (κ2) is 21.2. The SMILES string of the molecule is CCCCCCCCCCCCN1C(=CC2=C(O)C(=CC3=[N+](CCCCCCCCCCCC)CCS3)C2=O)C(C)(C)c2cc(OC)ccc21. The van der Waals surface area contributed by atoms with Crippen molar-refractivity contribution in [2.24, 2.45) is 0 Å². The van der Waals surface area contributed by atoms with E-state index in [1.807, 2.05) is 30.0 Å². The van der Waals surface area contributed by atoms with Crippen LogP contribution in [0.2, 0.25) is 0 Å². The molecular formula is C44H69N2O3S+. The Balaban J connectivity index is 1.38. The van der Waals surface area contributed by atoms with Crippen LogP contribution in [0, 0.1) is 0 Å². The number of unbranched alkanes of at least 4 members (excludes halogenated alkanes) is 18. The van der Waals surface area contributed by atoms with Crippen LogP contribution < -0.4 is 9.64 Å². The fourth-order valence-electron chi connectivity index (χ4n) is 7.82. The molecule has 0 spiro atoms. The van der Waals surface area contributed by atoms with Crippen LogP contribution in [0.25, 0.3) is 0 Å². The number of benzene rings is 1. The number of nitrogens with zero attached hydrogens (tertiary/aromatic N) is 2. The van der Waals surface area contributed by atoms with Crippen molar-refractivity contribution >= 4 is 28.3 Å². The normalized spacial score (nSPS) is 18.6. The Kier molecular flexibility index (Phi) is 17.0. The maximum atomic E-state index is 13.6. The highest BCUT2D eigenvalue weighted by Crippen LogP contribution is 2.50. The maximum Gasteiger partial charge on any atom is 0.235 e. The van der Waals surface area contributed by atoms with Gasteiger partial charge in [0.05, 0.1) is 24.0 Å². The van der Waals surface area contributed by atoms with Crippen molar-refractivity contribution in [1.82, 2.24) is 0 Å². The van der Waals surface area contributed by atoms with Gasteiger partial charge in [-0.15, -0.1) is 0 Å². The van der Waals surface area contributed by atoms with Crippen LogP contribution in [0.3, 0.4) is 0 Å². The molecule has 0 atom stereocenters. The Hall–Kier alpha value is -2.47. The molecule has 1 N–H and O–H groups in total. The van der Waals surface area contributed by atoms with E-state index in [0.717, 1.165) is 48.3 Å². The number of thioether (sulfide) groups is 1. The van der Waals surface area contributed by atoms with Crippen molar-refractivity contribution in [3.05, 3.63) is 58.5 Å². The molecule has 0 radical (unpaired) electrons. The van der Waals surface area contributed by atoms with Crippen molar-refractivity contribution in [2.75, 3.05) is 37.4 Å². The monoisotopic (exact) mass is 706 g/mol. The van der Waals surface area contributed by atoms with E-state index >= 15 is 0 Å². The van der Waals surface area contributed by atoms with Gasteiger partial charge in [-0.2, -0.15) is 0 Å². The summed E-state index contributed by atoms with van der Waals surface area (Å²) < 4.78 is 8.02. The molecule has 0 unspecified atom stereocenters. The number of fused-ring (bicyclic) bond motifs is 1. The third kappa shape index (κ3) is 11.0. The van der Waals surface area contributed by atoms with Crippen molar-refractivity contribution in [3.63, 3.8) is 0 Å². The zero-order valence-electron chi connectivity index (χ0n) is 32.4. The molecule has 3 aliphatic rings. The van der Waals surface area contributed by atoms with E-state index in [9.17, 15) is 9.90 Å². The van der Waals surface area contributed by atoms with Gasteiger partial charge in [-0.1, -0.05) is 149 Å². The first kappa shape index (κ1) is 40.3. The summed E-state index contributed by atoms with van der Waals surface area (Å²) in [4.78, 5) is 16.0. The Morgan fingerprint density at radius 3 is 1.94 bits per heavy atom. The number of carbonyl (C=O) groups is 1. The molecule has 0 saturated heterocycles. The van der Waals surface area contributed by atoms with Crippen molar-refractivity contribution in [3.8, 4) is 5.75 Å². The van der Waals surface area contributed by atoms with Gasteiger partial charge in [0.15, 0.2) is 6.54 Å². The molecule has 0 aromatic heterocycles. The summed E-state index contributed by atoms with van der Waals surface area (Å²) in [5, 5.41) is 12.4. The molecule has 0 fully saturated rings.